The lowest BCUT2D eigenvalue weighted by Crippen LogP contribution is -2.43. The van der Waals surface area contributed by atoms with Crippen molar-refractivity contribution < 1.29 is 13.9 Å². The van der Waals surface area contributed by atoms with Gasteiger partial charge < -0.3 is 19.7 Å². The Morgan fingerprint density at radius 1 is 1.06 bits per heavy atom. The molecule has 0 radical (unpaired) electrons. The molecule has 2 aliphatic heterocycles. The Balaban J connectivity index is 1.21. The normalized spacial score (nSPS) is 17.2. The Hall–Kier alpha value is -3.06. The van der Waals surface area contributed by atoms with Crippen LogP contribution in [-0.4, -0.2) is 35.7 Å². The number of piperidine rings is 1. The molecule has 2 aromatic carbocycles. The molecule has 0 unspecified atom stereocenters. The van der Waals surface area contributed by atoms with Crippen molar-refractivity contribution in [2.24, 2.45) is 0 Å². The van der Waals surface area contributed by atoms with Crippen LogP contribution in [0.3, 0.4) is 0 Å². The molecule has 0 spiro atoms. The molecule has 0 bridgehead atoms. The van der Waals surface area contributed by atoms with E-state index < -0.39 is 0 Å². The number of aromatic nitrogens is 2. The topological polar surface area (TPSA) is 51.6 Å². The molecule has 0 amide bonds. The van der Waals surface area contributed by atoms with Gasteiger partial charge in [-0.05, 0) is 57.0 Å². The maximum atomic E-state index is 13.6. The Morgan fingerprint density at radius 2 is 1.87 bits per heavy atom. The van der Waals surface area contributed by atoms with Crippen LogP contribution in [0, 0.1) is 12.7 Å². The monoisotopic (exact) mass is 422 g/mol. The molecule has 1 N–H and O–H groups in total. The molecule has 6 nitrogen and oxygen atoms in total. The fraction of sp³-hybridized carbons (Fsp3) is 0.375. The second kappa shape index (κ2) is 8.23. The number of anilines is 1. The molecule has 1 saturated heterocycles. The summed E-state index contributed by atoms with van der Waals surface area (Å²) in [6, 6.07) is 13.3. The van der Waals surface area contributed by atoms with E-state index in [0.717, 1.165) is 54.4 Å². The van der Waals surface area contributed by atoms with Gasteiger partial charge in [0.15, 0.2) is 11.5 Å². The standard InChI is InChI=1S/C24H27FN4O2/c1-16(22-14-26-29(17(22)2)21-5-3-4-18(25)12-21)27-19-8-10-28(11-9-19)20-6-7-23-24(13-20)31-15-30-23/h3-7,12-14,16,19,27H,8-11,15H2,1-2H3/t16-/m1/s1. The van der Waals surface area contributed by atoms with Gasteiger partial charge in [0.1, 0.15) is 5.82 Å². The second-order valence-electron chi connectivity index (χ2n) is 8.26. The number of ether oxygens (including phenoxy) is 2. The highest BCUT2D eigenvalue weighted by atomic mass is 19.1. The first-order valence-corrected chi connectivity index (χ1v) is 10.8. The molecule has 3 aromatic rings. The summed E-state index contributed by atoms with van der Waals surface area (Å²) in [5.74, 6) is 1.40. The van der Waals surface area contributed by atoms with E-state index in [4.69, 9.17) is 9.47 Å². The Morgan fingerprint density at radius 3 is 2.68 bits per heavy atom. The third-order valence-corrected chi connectivity index (χ3v) is 6.27. The number of hydrogen-bond donors (Lipinski definition) is 1. The third kappa shape index (κ3) is 3.97. The Labute approximate surface area is 181 Å². The van der Waals surface area contributed by atoms with E-state index in [-0.39, 0.29) is 11.9 Å². The van der Waals surface area contributed by atoms with Crippen LogP contribution >= 0.6 is 0 Å². The predicted octanol–water partition coefficient (Wildman–Crippen LogP) is 4.37. The van der Waals surface area contributed by atoms with Gasteiger partial charge in [0, 0.05) is 48.2 Å². The summed E-state index contributed by atoms with van der Waals surface area (Å²) in [4.78, 5) is 2.40. The minimum Gasteiger partial charge on any atom is -0.454 e. The first-order chi connectivity index (χ1) is 15.1. The number of nitrogens with zero attached hydrogens (tertiary/aromatic N) is 3. The SMILES string of the molecule is Cc1c([C@@H](C)NC2CCN(c3ccc4c(c3)OCO4)CC2)cnn1-c1cccc(F)c1. The predicted molar refractivity (Wildman–Crippen MR) is 118 cm³/mol. The molecule has 0 aliphatic carbocycles. The molecule has 162 valence electrons. The van der Waals surface area contributed by atoms with Crippen LogP contribution in [0.15, 0.2) is 48.7 Å². The van der Waals surface area contributed by atoms with E-state index in [0.29, 0.717) is 12.8 Å². The largest absolute Gasteiger partial charge is 0.454 e. The van der Waals surface area contributed by atoms with Gasteiger partial charge in [-0.2, -0.15) is 5.10 Å². The van der Waals surface area contributed by atoms with Crippen molar-refractivity contribution in [3.05, 3.63) is 65.7 Å². The van der Waals surface area contributed by atoms with Crippen LogP contribution in [0.5, 0.6) is 11.5 Å². The number of benzene rings is 2. The molecule has 3 heterocycles. The first kappa shape index (κ1) is 19.9. The van der Waals surface area contributed by atoms with Crippen molar-refractivity contribution in [2.45, 2.75) is 38.8 Å². The fourth-order valence-electron chi connectivity index (χ4n) is 4.55. The maximum absolute atomic E-state index is 13.6. The minimum atomic E-state index is -0.255. The van der Waals surface area contributed by atoms with Crippen LogP contribution in [0.25, 0.3) is 5.69 Å². The third-order valence-electron chi connectivity index (χ3n) is 6.27. The van der Waals surface area contributed by atoms with E-state index in [1.807, 2.05) is 25.3 Å². The van der Waals surface area contributed by atoms with Crippen LogP contribution in [0.4, 0.5) is 10.1 Å². The van der Waals surface area contributed by atoms with Crippen molar-refractivity contribution >= 4 is 5.69 Å². The second-order valence-corrected chi connectivity index (χ2v) is 8.26. The quantitative estimate of drug-likeness (QED) is 0.662. The van der Waals surface area contributed by atoms with Gasteiger partial charge in [0.2, 0.25) is 6.79 Å². The molecule has 31 heavy (non-hydrogen) atoms. The molecule has 7 heteroatoms. The molecular weight excluding hydrogens is 395 g/mol. The summed E-state index contributed by atoms with van der Waals surface area (Å²) in [7, 11) is 0. The van der Waals surface area contributed by atoms with Gasteiger partial charge in [0.25, 0.3) is 0 Å². The summed E-state index contributed by atoms with van der Waals surface area (Å²) in [6.07, 6.45) is 4.02. The van der Waals surface area contributed by atoms with Crippen molar-refractivity contribution in [2.75, 3.05) is 24.8 Å². The zero-order valence-corrected chi connectivity index (χ0v) is 17.8. The fourth-order valence-corrected chi connectivity index (χ4v) is 4.55. The average molecular weight is 423 g/mol. The lowest BCUT2D eigenvalue weighted by molar-refractivity contribution is 0.174. The van der Waals surface area contributed by atoms with Crippen LogP contribution in [-0.2, 0) is 0 Å². The van der Waals surface area contributed by atoms with Gasteiger partial charge in [0.05, 0.1) is 11.9 Å². The van der Waals surface area contributed by atoms with Crippen molar-refractivity contribution in [3.8, 4) is 17.2 Å². The molecule has 0 saturated carbocycles. The highest BCUT2D eigenvalue weighted by Crippen LogP contribution is 2.36. The van der Waals surface area contributed by atoms with Gasteiger partial charge in [-0.1, -0.05) is 6.07 Å². The summed E-state index contributed by atoms with van der Waals surface area (Å²) in [5.41, 5.74) is 4.10. The van der Waals surface area contributed by atoms with Gasteiger partial charge in [-0.15, -0.1) is 0 Å². The van der Waals surface area contributed by atoms with E-state index in [9.17, 15) is 4.39 Å². The number of nitrogens with one attached hydrogen (secondary N) is 1. The molecule has 1 aromatic heterocycles. The summed E-state index contributed by atoms with van der Waals surface area (Å²) in [5, 5.41) is 8.27. The first-order valence-electron chi connectivity index (χ1n) is 10.8. The van der Waals surface area contributed by atoms with Gasteiger partial charge in [-0.3, -0.25) is 0 Å². The number of fused-ring (bicyclic) bond motifs is 1. The summed E-state index contributed by atoms with van der Waals surface area (Å²) >= 11 is 0. The van der Waals surface area contributed by atoms with Crippen LogP contribution in [0.2, 0.25) is 0 Å². The number of rotatable bonds is 5. The lowest BCUT2D eigenvalue weighted by atomic mass is 10.0. The van der Waals surface area contributed by atoms with Crippen molar-refractivity contribution in [1.82, 2.24) is 15.1 Å². The van der Waals surface area contributed by atoms with Crippen molar-refractivity contribution in [1.29, 1.82) is 0 Å². The van der Waals surface area contributed by atoms with Crippen LogP contribution < -0.4 is 19.7 Å². The maximum Gasteiger partial charge on any atom is 0.231 e. The van der Waals surface area contributed by atoms with Crippen molar-refractivity contribution in [3.63, 3.8) is 0 Å². The highest BCUT2D eigenvalue weighted by Gasteiger charge is 2.24. The van der Waals surface area contributed by atoms with E-state index in [1.165, 1.54) is 17.8 Å². The van der Waals surface area contributed by atoms with Gasteiger partial charge in [-0.25, -0.2) is 9.07 Å². The number of halogens is 1. The number of hydrogen-bond acceptors (Lipinski definition) is 5. The Kier molecular flexibility index (Phi) is 5.28. The van der Waals surface area contributed by atoms with E-state index in [1.54, 1.807) is 10.7 Å². The summed E-state index contributed by atoms with van der Waals surface area (Å²) < 4.78 is 26.3. The average Bonchev–Trinajstić information content (AvgIpc) is 3.40. The van der Waals surface area contributed by atoms with E-state index in [2.05, 4.69) is 34.4 Å². The Bertz CT molecular complexity index is 1080. The highest BCUT2D eigenvalue weighted by molar-refractivity contribution is 5.57. The molecular formula is C24H27FN4O2. The smallest absolute Gasteiger partial charge is 0.231 e. The molecule has 1 fully saturated rings. The van der Waals surface area contributed by atoms with Gasteiger partial charge >= 0.3 is 0 Å². The van der Waals surface area contributed by atoms with Crippen LogP contribution in [0.1, 0.15) is 37.1 Å². The molecule has 5 rings (SSSR count). The zero-order valence-electron chi connectivity index (χ0n) is 17.8. The lowest BCUT2D eigenvalue weighted by Gasteiger charge is -2.35. The molecule has 1 atom stereocenters. The zero-order chi connectivity index (χ0) is 21.4. The van der Waals surface area contributed by atoms with E-state index >= 15 is 0 Å². The minimum absolute atomic E-state index is 0.171. The molecule has 2 aliphatic rings. The summed E-state index contributed by atoms with van der Waals surface area (Å²) in [6.45, 7) is 6.49.